The van der Waals surface area contributed by atoms with Crippen LogP contribution in [0.15, 0.2) is 6.20 Å². The van der Waals surface area contributed by atoms with Crippen LogP contribution in [0.5, 0.6) is 5.19 Å². The predicted octanol–water partition coefficient (Wildman–Crippen LogP) is 4.74. The van der Waals surface area contributed by atoms with Crippen LogP contribution in [0.3, 0.4) is 0 Å². The number of hydrogen-bond acceptors (Lipinski definition) is 7. The topological polar surface area (TPSA) is 67.4 Å². The Morgan fingerprint density at radius 1 is 1.24 bits per heavy atom. The van der Waals surface area contributed by atoms with Gasteiger partial charge in [0.2, 0.25) is 5.91 Å². The zero-order valence-electron chi connectivity index (χ0n) is 20.6. The monoisotopic (exact) mass is 508 g/mol. The highest BCUT2D eigenvalue weighted by molar-refractivity contribution is 7.13. The van der Waals surface area contributed by atoms with Crippen molar-refractivity contribution in [2.45, 2.75) is 83.8 Å². The third kappa shape index (κ3) is 7.71. The summed E-state index contributed by atoms with van der Waals surface area (Å²) in [6.07, 6.45) is 9.96. The number of aryl methyl sites for hydroxylation is 1. The Hall–Kier alpha value is -1.58. The summed E-state index contributed by atoms with van der Waals surface area (Å²) in [5, 5.41) is 4.85. The molecule has 0 radical (unpaired) electrons. The number of thiazole rings is 2. The number of aromatic nitrogens is 2. The van der Waals surface area contributed by atoms with Gasteiger partial charge in [0.1, 0.15) is 12.3 Å². The average Bonchev–Trinajstić information content (AvgIpc) is 3.32. The van der Waals surface area contributed by atoms with Crippen LogP contribution < -0.4 is 10.1 Å². The fourth-order valence-electron chi connectivity index (χ4n) is 4.79. The lowest BCUT2D eigenvalue weighted by atomic mass is 9.84. The molecule has 9 heteroatoms. The third-order valence-electron chi connectivity index (χ3n) is 6.69. The zero-order chi connectivity index (χ0) is 24.1. The summed E-state index contributed by atoms with van der Waals surface area (Å²) in [6.45, 7) is 8.26. The van der Waals surface area contributed by atoms with Gasteiger partial charge < -0.3 is 15.0 Å². The van der Waals surface area contributed by atoms with Crippen molar-refractivity contribution in [3.8, 4) is 5.19 Å². The number of carbonyl (C=O) groups is 1. The molecule has 0 spiro atoms. The van der Waals surface area contributed by atoms with Crippen LogP contribution >= 0.6 is 22.7 Å². The van der Waals surface area contributed by atoms with Gasteiger partial charge in [-0.1, -0.05) is 11.3 Å². The summed E-state index contributed by atoms with van der Waals surface area (Å²) < 4.78 is 19.3. The van der Waals surface area contributed by atoms with E-state index in [9.17, 15) is 9.18 Å². The largest absolute Gasteiger partial charge is 0.467 e. The van der Waals surface area contributed by atoms with Crippen LogP contribution in [0.25, 0.3) is 0 Å². The Bertz CT molecular complexity index is 922. The number of carbonyl (C=O) groups excluding carboxylic acids is 1. The summed E-state index contributed by atoms with van der Waals surface area (Å²) in [5.41, 5.74) is -0.213. The molecular formula is C25H37FN4O2S2. The van der Waals surface area contributed by atoms with Crippen molar-refractivity contribution in [3.05, 3.63) is 26.7 Å². The molecule has 34 heavy (non-hydrogen) atoms. The maximum atomic E-state index is 13.7. The number of amides is 1. The molecule has 0 saturated heterocycles. The highest BCUT2D eigenvalue weighted by Crippen LogP contribution is 2.30. The normalized spacial score (nSPS) is 21.6. The lowest BCUT2D eigenvalue weighted by Crippen LogP contribution is -2.38. The highest BCUT2D eigenvalue weighted by Gasteiger charge is 2.25. The molecule has 2 aliphatic rings. The predicted molar refractivity (Wildman–Crippen MR) is 136 cm³/mol. The van der Waals surface area contributed by atoms with E-state index in [0.29, 0.717) is 17.7 Å². The van der Waals surface area contributed by atoms with Gasteiger partial charge in [-0.15, -0.1) is 11.3 Å². The summed E-state index contributed by atoms with van der Waals surface area (Å²) in [7, 11) is 0. The smallest absolute Gasteiger partial charge is 0.273 e. The van der Waals surface area contributed by atoms with E-state index in [2.05, 4.69) is 20.2 Å². The second-order valence-electron chi connectivity index (χ2n) is 10.3. The first-order valence-electron chi connectivity index (χ1n) is 12.5. The first kappa shape index (κ1) is 25.5. The molecule has 2 aromatic heterocycles. The maximum absolute atomic E-state index is 13.7. The van der Waals surface area contributed by atoms with Gasteiger partial charge in [0.15, 0.2) is 0 Å². The summed E-state index contributed by atoms with van der Waals surface area (Å²) in [5.74, 6) is 0.872. The highest BCUT2D eigenvalue weighted by atomic mass is 32.1. The SMILES string of the molecule is Cc1ncc(CC(=O)N[C@H]2CC[C@H](CCN3CCc4nc(OCC(C)(C)F)sc4CC3)CC2)s1. The van der Waals surface area contributed by atoms with E-state index < -0.39 is 5.67 Å². The van der Waals surface area contributed by atoms with Crippen molar-refractivity contribution < 1.29 is 13.9 Å². The Morgan fingerprint density at radius 3 is 2.71 bits per heavy atom. The molecule has 0 unspecified atom stereocenters. The van der Waals surface area contributed by atoms with Crippen molar-refractivity contribution in [3.63, 3.8) is 0 Å². The molecular weight excluding hydrogens is 471 g/mol. The van der Waals surface area contributed by atoms with E-state index in [-0.39, 0.29) is 12.5 Å². The van der Waals surface area contributed by atoms with Gasteiger partial charge in [0.25, 0.3) is 5.19 Å². The fourth-order valence-corrected chi connectivity index (χ4v) is 6.53. The fraction of sp³-hybridized carbons (Fsp3) is 0.720. The molecule has 1 amide bonds. The number of nitrogens with one attached hydrogen (secondary N) is 1. The number of ether oxygens (including phenoxy) is 1. The molecule has 4 rings (SSSR count). The molecule has 188 valence electrons. The molecule has 1 saturated carbocycles. The molecule has 0 aromatic carbocycles. The standard InChI is InChI=1S/C25H37FN4O2S2/c1-17-27-15-20(33-17)14-23(31)28-19-6-4-18(5-7-19)8-11-30-12-9-21-22(10-13-30)34-24(29-21)32-16-25(2,3)26/h15,18-19H,4-14,16H2,1-3H3,(H,28,31)/t18-,19-. The Labute approximate surface area is 210 Å². The van der Waals surface area contributed by atoms with Crippen LogP contribution in [-0.2, 0) is 24.1 Å². The van der Waals surface area contributed by atoms with Crippen molar-refractivity contribution >= 4 is 28.6 Å². The lowest BCUT2D eigenvalue weighted by Gasteiger charge is -2.30. The van der Waals surface area contributed by atoms with Gasteiger partial charge >= 0.3 is 0 Å². The maximum Gasteiger partial charge on any atom is 0.273 e. The van der Waals surface area contributed by atoms with E-state index in [1.165, 1.54) is 38.0 Å². The van der Waals surface area contributed by atoms with Crippen LogP contribution in [0.4, 0.5) is 4.39 Å². The number of alkyl halides is 1. The minimum atomic E-state index is -1.34. The molecule has 2 aromatic rings. The van der Waals surface area contributed by atoms with E-state index in [0.717, 1.165) is 66.8 Å². The minimum absolute atomic E-state index is 0.0449. The summed E-state index contributed by atoms with van der Waals surface area (Å²) in [4.78, 5) is 26.1. The molecule has 0 bridgehead atoms. The van der Waals surface area contributed by atoms with Gasteiger partial charge in [-0.05, 0) is 71.8 Å². The number of rotatable bonds is 9. The molecule has 1 fully saturated rings. The zero-order valence-corrected chi connectivity index (χ0v) is 22.2. The third-order valence-corrected chi connectivity index (χ3v) is 8.67. The van der Waals surface area contributed by atoms with Crippen LogP contribution in [0.1, 0.15) is 66.4 Å². The van der Waals surface area contributed by atoms with Gasteiger partial charge in [0.05, 0.1) is 17.1 Å². The Morgan fingerprint density at radius 2 is 2.00 bits per heavy atom. The number of nitrogens with zero attached hydrogens (tertiary/aromatic N) is 3. The van der Waals surface area contributed by atoms with Crippen molar-refractivity contribution in [2.75, 3.05) is 26.2 Å². The molecule has 3 heterocycles. The molecule has 6 nitrogen and oxygen atoms in total. The van der Waals surface area contributed by atoms with Crippen LogP contribution in [0, 0.1) is 12.8 Å². The second kappa shape index (κ2) is 11.4. The van der Waals surface area contributed by atoms with Gasteiger partial charge in [-0.25, -0.2) is 14.4 Å². The molecule has 0 atom stereocenters. The molecule has 1 N–H and O–H groups in total. The molecule has 1 aliphatic heterocycles. The van der Waals surface area contributed by atoms with E-state index in [1.807, 2.05) is 13.1 Å². The van der Waals surface area contributed by atoms with Crippen LogP contribution in [-0.4, -0.2) is 58.7 Å². The first-order valence-corrected chi connectivity index (χ1v) is 14.1. The van der Waals surface area contributed by atoms with E-state index in [1.54, 1.807) is 22.7 Å². The van der Waals surface area contributed by atoms with Gasteiger partial charge in [0, 0.05) is 41.5 Å². The lowest BCUT2D eigenvalue weighted by molar-refractivity contribution is -0.121. The summed E-state index contributed by atoms with van der Waals surface area (Å²) >= 11 is 3.18. The van der Waals surface area contributed by atoms with Crippen molar-refractivity contribution in [2.24, 2.45) is 5.92 Å². The summed E-state index contributed by atoms with van der Waals surface area (Å²) in [6, 6.07) is 0.317. The minimum Gasteiger partial charge on any atom is -0.467 e. The average molecular weight is 509 g/mol. The number of hydrogen-bond donors (Lipinski definition) is 1. The Balaban J connectivity index is 1.13. The molecule has 1 aliphatic carbocycles. The second-order valence-corrected chi connectivity index (χ2v) is 12.7. The van der Waals surface area contributed by atoms with Gasteiger partial charge in [-0.3, -0.25) is 4.79 Å². The van der Waals surface area contributed by atoms with E-state index in [4.69, 9.17) is 4.74 Å². The van der Waals surface area contributed by atoms with Crippen LogP contribution in [0.2, 0.25) is 0 Å². The van der Waals surface area contributed by atoms with Crippen molar-refractivity contribution in [1.82, 2.24) is 20.2 Å². The number of fused-ring (bicyclic) bond motifs is 1. The quantitative estimate of drug-likeness (QED) is 0.530. The van der Waals surface area contributed by atoms with E-state index >= 15 is 0 Å². The van der Waals surface area contributed by atoms with Gasteiger partial charge in [-0.2, -0.15) is 0 Å². The number of halogens is 1. The van der Waals surface area contributed by atoms with Crippen molar-refractivity contribution in [1.29, 1.82) is 0 Å². The Kier molecular flexibility index (Phi) is 8.58. The first-order chi connectivity index (χ1) is 16.2.